The fourth-order valence-corrected chi connectivity index (χ4v) is 3.93. The third-order valence-corrected chi connectivity index (χ3v) is 6.08. The molecule has 3 aromatic rings. The Morgan fingerprint density at radius 1 is 0.972 bits per heavy atom. The molecule has 36 heavy (non-hydrogen) atoms. The number of nitrogens with one attached hydrogen (secondary N) is 4. The van der Waals surface area contributed by atoms with Gasteiger partial charge in [0, 0.05) is 29.8 Å². The van der Waals surface area contributed by atoms with Crippen molar-refractivity contribution < 1.29 is 23.8 Å². The molecule has 4 N–H and O–H groups in total. The standard InChI is InChI=1S/C25H30N6O5/c1-14-15(2)26-24(29-23(14)32)31-21(13-18(30-31)16-9-7-6-8-10-16)28-25(33)27-17-11-19(34-3)22(36-5)20(12-17)35-4/h6-15,24,26H,1-5H3,(H,29,32)(H2,27,28,33). The molecular weight excluding hydrogens is 464 g/mol. The Morgan fingerprint density at radius 2 is 1.64 bits per heavy atom. The van der Waals surface area contributed by atoms with Gasteiger partial charge in [0.2, 0.25) is 11.7 Å². The SMILES string of the molecule is COc1cc(NC(=O)Nc2cc(-c3ccccc3)nn2C2NC(=O)C(C)C(C)N2)cc(OC)c1OC. The molecule has 11 nitrogen and oxygen atoms in total. The van der Waals surface area contributed by atoms with Gasteiger partial charge in [-0.15, -0.1) is 0 Å². The lowest BCUT2D eigenvalue weighted by atomic mass is 10.0. The molecule has 0 radical (unpaired) electrons. The van der Waals surface area contributed by atoms with Crippen LogP contribution in [0.1, 0.15) is 20.1 Å². The Morgan fingerprint density at radius 3 is 2.22 bits per heavy atom. The van der Waals surface area contributed by atoms with Gasteiger partial charge in [-0.05, 0) is 6.92 Å². The molecule has 1 fully saturated rings. The monoisotopic (exact) mass is 494 g/mol. The molecule has 190 valence electrons. The lowest BCUT2D eigenvalue weighted by Crippen LogP contribution is -2.57. The van der Waals surface area contributed by atoms with Crippen LogP contribution in [0.25, 0.3) is 11.3 Å². The summed E-state index contributed by atoms with van der Waals surface area (Å²) in [6.45, 7) is 3.79. The Labute approximate surface area is 209 Å². The number of anilines is 2. The third kappa shape index (κ3) is 5.05. The molecule has 4 rings (SSSR count). The zero-order chi connectivity index (χ0) is 25.8. The van der Waals surface area contributed by atoms with E-state index in [0.717, 1.165) is 5.56 Å². The van der Waals surface area contributed by atoms with E-state index in [2.05, 4.69) is 26.4 Å². The number of urea groups is 1. The highest BCUT2D eigenvalue weighted by Crippen LogP contribution is 2.40. The maximum absolute atomic E-state index is 13.0. The molecule has 0 bridgehead atoms. The molecule has 1 aromatic heterocycles. The van der Waals surface area contributed by atoms with Gasteiger partial charge in [-0.3, -0.25) is 15.4 Å². The molecular formula is C25H30N6O5. The average molecular weight is 495 g/mol. The van der Waals surface area contributed by atoms with Gasteiger partial charge in [-0.25, -0.2) is 9.48 Å². The van der Waals surface area contributed by atoms with E-state index in [1.54, 1.807) is 22.9 Å². The van der Waals surface area contributed by atoms with Crippen molar-refractivity contribution in [3.63, 3.8) is 0 Å². The second-order valence-electron chi connectivity index (χ2n) is 8.37. The minimum atomic E-state index is -0.641. The summed E-state index contributed by atoms with van der Waals surface area (Å²) >= 11 is 0. The number of nitrogens with zero attached hydrogens (tertiary/aromatic N) is 2. The highest BCUT2D eigenvalue weighted by atomic mass is 16.5. The van der Waals surface area contributed by atoms with E-state index in [1.165, 1.54) is 21.3 Å². The van der Waals surface area contributed by atoms with Crippen molar-refractivity contribution in [2.24, 2.45) is 5.92 Å². The Balaban J connectivity index is 1.63. The second kappa shape index (κ2) is 10.6. The minimum Gasteiger partial charge on any atom is -0.493 e. The first-order chi connectivity index (χ1) is 17.3. The fourth-order valence-electron chi connectivity index (χ4n) is 3.93. The van der Waals surface area contributed by atoms with E-state index in [-0.39, 0.29) is 17.9 Å². The number of ether oxygens (including phenoxy) is 3. The minimum absolute atomic E-state index is 0.0889. The summed E-state index contributed by atoms with van der Waals surface area (Å²) in [5, 5.41) is 16.5. The number of hydrogen-bond acceptors (Lipinski definition) is 7. The van der Waals surface area contributed by atoms with E-state index in [1.807, 2.05) is 44.2 Å². The maximum atomic E-state index is 13.0. The van der Waals surface area contributed by atoms with Crippen molar-refractivity contribution in [3.05, 3.63) is 48.5 Å². The van der Waals surface area contributed by atoms with Crippen molar-refractivity contribution in [1.82, 2.24) is 20.4 Å². The van der Waals surface area contributed by atoms with Crippen LogP contribution >= 0.6 is 0 Å². The van der Waals surface area contributed by atoms with Crippen molar-refractivity contribution in [2.45, 2.75) is 26.2 Å². The topological polar surface area (TPSA) is 128 Å². The predicted octanol–water partition coefficient (Wildman–Crippen LogP) is 3.42. The smallest absolute Gasteiger partial charge is 0.324 e. The van der Waals surface area contributed by atoms with Crippen LogP contribution in [0.4, 0.5) is 16.3 Å². The Hall–Kier alpha value is -4.25. The number of carbonyl (C=O) groups is 2. The zero-order valence-corrected chi connectivity index (χ0v) is 20.8. The first kappa shape index (κ1) is 24.9. The largest absolute Gasteiger partial charge is 0.493 e. The van der Waals surface area contributed by atoms with Gasteiger partial charge < -0.3 is 24.8 Å². The van der Waals surface area contributed by atoms with Crippen molar-refractivity contribution in [2.75, 3.05) is 32.0 Å². The summed E-state index contributed by atoms with van der Waals surface area (Å²) in [6, 6.07) is 14.0. The summed E-state index contributed by atoms with van der Waals surface area (Å²) in [7, 11) is 4.50. The summed E-state index contributed by atoms with van der Waals surface area (Å²) in [5.41, 5.74) is 1.94. The lowest BCUT2D eigenvalue weighted by molar-refractivity contribution is -0.130. The molecule has 2 aromatic carbocycles. The Bertz CT molecular complexity index is 1220. The fraction of sp³-hybridized carbons (Fsp3) is 0.320. The van der Waals surface area contributed by atoms with Crippen LogP contribution < -0.4 is 35.5 Å². The quantitative estimate of drug-likeness (QED) is 0.396. The van der Waals surface area contributed by atoms with Crippen LogP contribution in [-0.2, 0) is 4.79 Å². The molecule has 2 heterocycles. The molecule has 0 spiro atoms. The van der Waals surface area contributed by atoms with Crippen LogP contribution in [0.3, 0.4) is 0 Å². The van der Waals surface area contributed by atoms with E-state index in [9.17, 15) is 9.59 Å². The summed E-state index contributed by atoms with van der Waals surface area (Å²) in [6.07, 6.45) is -0.641. The van der Waals surface area contributed by atoms with Crippen LogP contribution in [0, 0.1) is 5.92 Å². The third-order valence-electron chi connectivity index (χ3n) is 6.08. The van der Waals surface area contributed by atoms with Crippen LogP contribution in [0.15, 0.2) is 48.5 Å². The normalized spacial score (nSPS) is 19.2. The molecule has 1 aliphatic heterocycles. The van der Waals surface area contributed by atoms with E-state index < -0.39 is 12.3 Å². The van der Waals surface area contributed by atoms with Crippen molar-refractivity contribution in [1.29, 1.82) is 0 Å². The summed E-state index contributed by atoms with van der Waals surface area (Å²) in [5.74, 6) is 1.31. The number of amides is 3. The first-order valence-corrected chi connectivity index (χ1v) is 11.4. The lowest BCUT2D eigenvalue weighted by Gasteiger charge is -2.34. The molecule has 0 saturated carbocycles. The van der Waals surface area contributed by atoms with Gasteiger partial charge in [0.15, 0.2) is 17.8 Å². The first-order valence-electron chi connectivity index (χ1n) is 11.4. The van der Waals surface area contributed by atoms with Crippen LogP contribution in [-0.4, -0.2) is 49.1 Å². The highest BCUT2D eigenvalue weighted by molar-refractivity contribution is 6.00. The Kier molecular flexibility index (Phi) is 7.30. The highest BCUT2D eigenvalue weighted by Gasteiger charge is 2.32. The summed E-state index contributed by atoms with van der Waals surface area (Å²) < 4.78 is 17.6. The number of rotatable bonds is 7. The molecule has 1 aliphatic rings. The van der Waals surface area contributed by atoms with Crippen molar-refractivity contribution >= 4 is 23.4 Å². The number of aromatic nitrogens is 2. The predicted molar refractivity (Wildman–Crippen MR) is 135 cm³/mol. The molecule has 1 saturated heterocycles. The zero-order valence-electron chi connectivity index (χ0n) is 20.8. The van der Waals surface area contributed by atoms with E-state index >= 15 is 0 Å². The maximum Gasteiger partial charge on any atom is 0.324 e. The van der Waals surface area contributed by atoms with Crippen LogP contribution in [0.5, 0.6) is 17.2 Å². The number of methoxy groups -OCH3 is 3. The van der Waals surface area contributed by atoms with Crippen molar-refractivity contribution in [3.8, 4) is 28.5 Å². The van der Waals surface area contributed by atoms with Gasteiger partial charge in [0.05, 0.1) is 38.6 Å². The average Bonchev–Trinajstić information content (AvgIpc) is 3.30. The number of carbonyl (C=O) groups excluding carboxylic acids is 2. The number of hydrogen-bond donors (Lipinski definition) is 4. The summed E-state index contributed by atoms with van der Waals surface area (Å²) in [4.78, 5) is 25.5. The number of benzene rings is 2. The molecule has 3 amide bonds. The van der Waals surface area contributed by atoms with Crippen LogP contribution in [0.2, 0.25) is 0 Å². The van der Waals surface area contributed by atoms with E-state index in [0.29, 0.717) is 34.4 Å². The van der Waals surface area contributed by atoms with E-state index in [4.69, 9.17) is 14.2 Å². The van der Waals surface area contributed by atoms with Gasteiger partial charge in [-0.1, -0.05) is 37.3 Å². The molecule has 11 heteroatoms. The van der Waals surface area contributed by atoms with Gasteiger partial charge in [0.25, 0.3) is 0 Å². The second-order valence-corrected chi connectivity index (χ2v) is 8.37. The van der Waals surface area contributed by atoms with Gasteiger partial charge in [0.1, 0.15) is 5.82 Å². The van der Waals surface area contributed by atoms with Gasteiger partial charge >= 0.3 is 6.03 Å². The molecule has 3 atom stereocenters. The van der Waals surface area contributed by atoms with Gasteiger partial charge in [-0.2, -0.15) is 5.10 Å². The molecule has 3 unspecified atom stereocenters. The molecule has 0 aliphatic carbocycles.